The zero-order chi connectivity index (χ0) is 27.0. The van der Waals surface area contributed by atoms with Gasteiger partial charge in [-0.1, -0.05) is 30.3 Å². The Morgan fingerprint density at radius 3 is 2.44 bits per heavy atom. The maximum absolute atomic E-state index is 6.61. The Morgan fingerprint density at radius 1 is 0.878 bits per heavy atom. The molecule has 7 nitrogen and oxygen atoms in total. The van der Waals surface area contributed by atoms with Crippen molar-refractivity contribution in [2.75, 3.05) is 49.1 Å². The number of nitrogens with zero attached hydrogens (tertiary/aromatic N) is 5. The molecule has 1 N–H and O–H groups in total. The van der Waals surface area contributed by atoms with Crippen molar-refractivity contribution in [3.05, 3.63) is 53.2 Å². The molecule has 1 aliphatic carbocycles. The SMILES string of the molecule is c1cc(C2CC2)c2c(N3CCc4c(nc(OCC56CCCN5CCC6)nc4N4CC5CCC(C4)N5)C3)cccc2c1. The Bertz CT molecular complexity index is 1460. The van der Waals surface area contributed by atoms with Crippen molar-refractivity contribution in [3.8, 4) is 6.01 Å². The van der Waals surface area contributed by atoms with E-state index in [1.165, 1.54) is 92.0 Å². The number of piperazine rings is 1. The molecule has 0 radical (unpaired) electrons. The minimum Gasteiger partial charge on any atom is -0.461 e. The molecular formula is C34H42N6O. The maximum Gasteiger partial charge on any atom is 0.318 e. The summed E-state index contributed by atoms with van der Waals surface area (Å²) in [5.41, 5.74) is 5.60. The molecule has 2 bridgehead atoms. The van der Waals surface area contributed by atoms with Crippen molar-refractivity contribution in [3.63, 3.8) is 0 Å². The van der Waals surface area contributed by atoms with Crippen LogP contribution in [-0.4, -0.2) is 71.8 Å². The zero-order valence-electron chi connectivity index (χ0n) is 24.2. The minimum absolute atomic E-state index is 0.196. The van der Waals surface area contributed by atoms with Crippen molar-refractivity contribution >= 4 is 22.3 Å². The number of aromatic nitrogens is 2. The molecule has 5 aliphatic heterocycles. The van der Waals surface area contributed by atoms with Crippen LogP contribution in [0.25, 0.3) is 10.8 Å². The van der Waals surface area contributed by atoms with Gasteiger partial charge in [-0.15, -0.1) is 0 Å². The standard InChI is InChI=1S/C34H42N6O/c1-5-24-6-2-8-30(31(24)27(7-1)23-9-10-23)38-18-13-28-29(21-38)36-33(41-22-34-14-3-16-40(34)17-4-15-34)37-32(28)39-19-25-11-12-26(20-39)35-25/h1-2,5-8,23,25-26,35H,3-4,9-22H2. The van der Waals surface area contributed by atoms with Gasteiger partial charge < -0.3 is 19.9 Å². The number of hydrogen-bond acceptors (Lipinski definition) is 7. The largest absolute Gasteiger partial charge is 0.461 e. The van der Waals surface area contributed by atoms with E-state index in [0.717, 1.165) is 56.6 Å². The van der Waals surface area contributed by atoms with Crippen LogP contribution in [0.3, 0.4) is 0 Å². The van der Waals surface area contributed by atoms with Gasteiger partial charge in [-0.3, -0.25) is 4.90 Å². The van der Waals surface area contributed by atoms with Crippen molar-refractivity contribution in [2.24, 2.45) is 0 Å². The lowest BCUT2D eigenvalue weighted by atomic mass is 9.95. The minimum atomic E-state index is 0.196. The van der Waals surface area contributed by atoms with Crippen LogP contribution in [0, 0.1) is 0 Å². The number of anilines is 2. The highest BCUT2D eigenvalue weighted by Gasteiger charge is 2.45. The molecule has 0 spiro atoms. The second-order valence-corrected chi connectivity index (χ2v) is 13.7. The van der Waals surface area contributed by atoms with Crippen LogP contribution in [0.15, 0.2) is 36.4 Å². The molecule has 214 valence electrons. The smallest absolute Gasteiger partial charge is 0.318 e. The van der Waals surface area contributed by atoms with Crippen LogP contribution in [-0.2, 0) is 13.0 Å². The molecule has 9 rings (SSSR count). The average molecular weight is 551 g/mol. The van der Waals surface area contributed by atoms with E-state index >= 15 is 0 Å². The summed E-state index contributed by atoms with van der Waals surface area (Å²) in [6.07, 6.45) is 11.2. The molecule has 3 aromatic rings. The first-order valence-electron chi connectivity index (χ1n) is 16.3. The summed E-state index contributed by atoms with van der Waals surface area (Å²) in [5.74, 6) is 1.87. The predicted octanol–water partition coefficient (Wildman–Crippen LogP) is 5.02. The van der Waals surface area contributed by atoms with E-state index < -0.39 is 0 Å². The van der Waals surface area contributed by atoms with Gasteiger partial charge in [0.25, 0.3) is 0 Å². The van der Waals surface area contributed by atoms with Gasteiger partial charge in [0.1, 0.15) is 12.4 Å². The number of benzene rings is 2. The molecule has 4 saturated heterocycles. The first-order chi connectivity index (χ1) is 20.2. The summed E-state index contributed by atoms with van der Waals surface area (Å²) >= 11 is 0. The maximum atomic E-state index is 6.61. The summed E-state index contributed by atoms with van der Waals surface area (Å²) in [4.78, 5) is 18.2. The number of fused-ring (bicyclic) bond motifs is 5. The first-order valence-corrected chi connectivity index (χ1v) is 16.3. The van der Waals surface area contributed by atoms with Gasteiger partial charge in [0.05, 0.1) is 17.8 Å². The lowest BCUT2D eigenvalue weighted by molar-refractivity contribution is 0.107. The van der Waals surface area contributed by atoms with E-state index in [1.807, 2.05) is 0 Å². The Labute approximate surface area is 243 Å². The third kappa shape index (κ3) is 4.22. The average Bonchev–Trinajstić information content (AvgIpc) is 3.53. The van der Waals surface area contributed by atoms with E-state index in [2.05, 4.69) is 56.4 Å². The number of nitrogens with one attached hydrogen (secondary N) is 1. The van der Waals surface area contributed by atoms with Crippen molar-refractivity contribution in [1.29, 1.82) is 0 Å². The summed E-state index contributed by atoms with van der Waals surface area (Å²) in [7, 11) is 0. The topological polar surface area (TPSA) is 56.8 Å². The van der Waals surface area contributed by atoms with Crippen LogP contribution in [0.2, 0.25) is 0 Å². The molecule has 2 atom stereocenters. The molecule has 1 aromatic heterocycles. The van der Waals surface area contributed by atoms with Crippen LogP contribution in [0.4, 0.5) is 11.5 Å². The van der Waals surface area contributed by atoms with E-state index in [4.69, 9.17) is 14.7 Å². The molecule has 1 saturated carbocycles. The predicted molar refractivity (Wildman–Crippen MR) is 163 cm³/mol. The summed E-state index contributed by atoms with van der Waals surface area (Å²) < 4.78 is 6.61. The van der Waals surface area contributed by atoms with E-state index in [1.54, 1.807) is 0 Å². The number of hydrogen-bond donors (Lipinski definition) is 1. The van der Waals surface area contributed by atoms with Crippen molar-refractivity contribution in [2.45, 2.75) is 87.9 Å². The van der Waals surface area contributed by atoms with Gasteiger partial charge in [0.2, 0.25) is 0 Å². The van der Waals surface area contributed by atoms with Crippen LogP contribution < -0.4 is 19.9 Å². The van der Waals surface area contributed by atoms with Crippen LogP contribution in [0.1, 0.15) is 74.1 Å². The van der Waals surface area contributed by atoms with Gasteiger partial charge in [0, 0.05) is 48.4 Å². The third-order valence-corrected chi connectivity index (χ3v) is 11.1. The number of ether oxygens (including phenoxy) is 1. The summed E-state index contributed by atoms with van der Waals surface area (Å²) in [5, 5.41) is 6.62. The Kier molecular flexibility index (Phi) is 5.76. The Morgan fingerprint density at radius 2 is 1.66 bits per heavy atom. The highest BCUT2D eigenvalue weighted by molar-refractivity contribution is 5.97. The van der Waals surface area contributed by atoms with E-state index in [0.29, 0.717) is 18.1 Å². The molecule has 2 aromatic carbocycles. The van der Waals surface area contributed by atoms with Crippen LogP contribution in [0.5, 0.6) is 6.01 Å². The molecule has 5 fully saturated rings. The van der Waals surface area contributed by atoms with E-state index in [9.17, 15) is 0 Å². The fraction of sp³-hybridized carbons (Fsp3) is 0.588. The molecule has 0 amide bonds. The fourth-order valence-corrected chi connectivity index (χ4v) is 8.90. The number of rotatable bonds is 6. The van der Waals surface area contributed by atoms with Crippen molar-refractivity contribution in [1.82, 2.24) is 20.2 Å². The van der Waals surface area contributed by atoms with Gasteiger partial charge in [0.15, 0.2) is 0 Å². The first kappa shape index (κ1) is 24.7. The summed E-state index contributed by atoms with van der Waals surface area (Å²) in [6.45, 7) is 7.03. The zero-order valence-corrected chi connectivity index (χ0v) is 24.2. The molecular weight excluding hydrogens is 508 g/mol. The summed E-state index contributed by atoms with van der Waals surface area (Å²) in [6, 6.07) is 15.5. The fourth-order valence-electron chi connectivity index (χ4n) is 8.90. The highest BCUT2D eigenvalue weighted by Crippen LogP contribution is 2.46. The molecule has 41 heavy (non-hydrogen) atoms. The molecule has 2 unspecified atom stereocenters. The lowest BCUT2D eigenvalue weighted by Gasteiger charge is -2.38. The second-order valence-electron chi connectivity index (χ2n) is 13.7. The van der Waals surface area contributed by atoms with Gasteiger partial charge in [-0.05, 0) is 93.8 Å². The lowest BCUT2D eigenvalue weighted by Crippen LogP contribution is -2.52. The molecule has 6 heterocycles. The Balaban J connectivity index is 1.07. The monoisotopic (exact) mass is 550 g/mol. The molecule has 7 heteroatoms. The molecule has 6 aliphatic rings. The highest BCUT2D eigenvalue weighted by atomic mass is 16.5. The van der Waals surface area contributed by atoms with Gasteiger partial charge in [-0.2, -0.15) is 9.97 Å². The van der Waals surface area contributed by atoms with Crippen LogP contribution >= 0.6 is 0 Å². The van der Waals surface area contributed by atoms with Crippen molar-refractivity contribution < 1.29 is 4.74 Å². The van der Waals surface area contributed by atoms with Gasteiger partial charge in [-0.25, -0.2) is 0 Å². The third-order valence-electron chi connectivity index (χ3n) is 11.1. The Hall–Kier alpha value is -2.90. The normalized spacial score (nSPS) is 26.9. The quantitative estimate of drug-likeness (QED) is 0.463. The van der Waals surface area contributed by atoms with E-state index in [-0.39, 0.29) is 5.54 Å². The second kappa shape index (κ2) is 9.56. The van der Waals surface area contributed by atoms with Gasteiger partial charge >= 0.3 is 6.01 Å².